The first kappa shape index (κ1) is 12.8. The van der Waals surface area contributed by atoms with Gasteiger partial charge in [0.05, 0.1) is 8.95 Å². The van der Waals surface area contributed by atoms with Crippen LogP contribution in [0, 0.1) is 0 Å². The minimum absolute atomic E-state index is 0.506. The zero-order valence-electron chi connectivity index (χ0n) is 8.89. The lowest BCUT2D eigenvalue weighted by Gasteiger charge is -2.12. The Morgan fingerprint density at radius 2 is 1.87 bits per heavy atom. The fourth-order valence-corrected chi connectivity index (χ4v) is 2.64. The van der Waals surface area contributed by atoms with Crippen LogP contribution in [0.3, 0.4) is 0 Å². The van der Waals surface area contributed by atoms with Gasteiger partial charge in [-0.3, -0.25) is 0 Å². The van der Waals surface area contributed by atoms with E-state index in [0.29, 0.717) is 12.5 Å². The molecule has 0 saturated heterocycles. The maximum absolute atomic E-state index is 5.54. The first-order chi connectivity index (χ1) is 7.06. The minimum atomic E-state index is 0.506. The Morgan fingerprint density at radius 1 is 1.33 bits per heavy atom. The van der Waals surface area contributed by atoms with Crippen LogP contribution in [0.25, 0.3) is 0 Å². The van der Waals surface area contributed by atoms with Crippen molar-refractivity contribution < 1.29 is 4.74 Å². The van der Waals surface area contributed by atoms with E-state index in [1.165, 1.54) is 5.56 Å². The normalized spacial score (nSPS) is 10.5. The third kappa shape index (κ3) is 3.35. The lowest BCUT2D eigenvalue weighted by molar-refractivity contribution is 0.358. The average Bonchev–Trinajstić information content (AvgIpc) is 2.16. The molecule has 1 nitrogen and oxygen atoms in total. The maximum atomic E-state index is 5.54. The molecule has 1 rings (SSSR count). The zero-order chi connectivity index (χ0) is 11.4. The highest BCUT2D eigenvalue weighted by molar-refractivity contribution is 9.11. The van der Waals surface area contributed by atoms with Crippen molar-refractivity contribution in [3.05, 3.63) is 39.3 Å². The van der Waals surface area contributed by atoms with Gasteiger partial charge in [-0.15, -0.1) is 0 Å². The van der Waals surface area contributed by atoms with Gasteiger partial charge in [-0.05, 0) is 55.5 Å². The molecule has 0 aliphatic carbocycles. The average molecular weight is 334 g/mol. The molecular weight excluding hydrogens is 320 g/mol. The first-order valence-corrected chi connectivity index (χ1v) is 6.37. The molecular formula is C12H14Br2O. The number of ether oxygens (including phenoxy) is 1. The smallest absolute Gasteiger partial charge is 0.148 e. The van der Waals surface area contributed by atoms with E-state index in [0.717, 1.165) is 14.7 Å². The Bertz CT molecular complexity index is 336. The van der Waals surface area contributed by atoms with Gasteiger partial charge < -0.3 is 4.74 Å². The van der Waals surface area contributed by atoms with E-state index in [2.05, 4.69) is 64.4 Å². The van der Waals surface area contributed by atoms with Crippen molar-refractivity contribution in [3.63, 3.8) is 0 Å². The molecule has 0 aromatic heterocycles. The van der Waals surface area contributed by atoms with Gasteiger partial charge in [0.15, 0.2) is 0 Å². The van der Waals surface area contributed by atoms with Crippen LogP contribution in [0.2, 0.25) is 0 Å². The third-order valence-corrected chi connectivity index (χ3v) is 3.21. The quantitative estimate of drug-likeness (QED) is 0.712. The summed E-state index contributed by atoms with van der Waals surface area (Å²) in [5.74, 6) is 1.34. The van der Waals surface area contributed by atoms with Crippen molar-refractivity contribution in [2.75, 3.05) is 6.61 Å². The molecule has 0 spiro atoms. The topological polar surface area (TPSA) is 9.23 Å². The van der Waals surface area contributed by atoms with Gasteiger partial charge >= 0.3 is 0 Å². The van der Waals surface area contributed by atoms with Crippen molar-refractivity contribution >= 4 is 31.9 Å². The molecule has 1 aromatic rings. The fraction of sp³-hybridized carbons (Fsp3) is 0.333. The minimum Gasteiger partial charge on any atom is -0.487 e. The van der Waals surface area contributed by atoms with Crippen molar-refractivity contribution in [2.24, 2.45) is 0 Å². The number of hydrogen-bond donors (Lipinski definition) is 0. The van der Waals surface area contributed by atoms with Crippen LogP contribution in [0.15, 0.2) is 33.7 Å². The highest BCUT2D eigenvalue weighted by Crippen LogP contribution is 2.36. The molecule has 0 fully saturated rings. The monoisotopic (exact) mass is 332 g/mol. The van der Waals surface area contributed by atoms with Gasteiger partial charge in [-0.25, -0.2) is 0 Å². The summed E-state index contributed by atoms with van der Waals surface area (Å²) < 4.78 is 7.49. The van der Waals surface area contributed by atoms with Crippen molar-refractivity contribution in [1.29, 1.82) is 0 Å². The Hall–Kier alpha value is -0.280. The van der Waals surface area contributed by atoms with Crippen LogP contribution in [0.4, 0.5) is 0 Å². The molecule has 0 amide bonds. The number of benzene rings is 1. The van der Waals surface area contributed by atoms with E-state index in [1.54, 1.807) is 6.08 Å². The van der Waals surface area contributed by atoms with Gasteiger partial charge in [-0.1, -0.05) is 26.5 Å². The van der Waals surface area contributed by atoms with Crippen molar-refractivity contribution in [2.45, 2.75) is 19.8 Å². The van der Waals surface area contributed by atoms with Crippen molar-refractivity contribution in [1.82, 2.24) is 0 Å². The maximum Gasteiger partial charge on any atom is 0.148 e. The Kier molecular flexibility index (Phi) is 4.87. The largest absolute Gasteiger partial charge is 0.487 e. The van der Waals surface area contributed by atoms with E-state index < -0.39 is 0 Å². The number of halogens is 2. The summed E-state index contributed by atoms with van der Waals surface area (Å²) in [7, 11) is 0. The van der Waals surface area contributed by atoms with Gasteiger partial charge in [0, 0.05) is 0 Å². The molecule has 0 bridgehead atoms. The van der Waals surface area contributed by atoms with E-state index in [-0.39, 0.29) is 0 Å². The molecule has 0 aliphatic rings. The molecule has 0 aliphatic heterocycles. The lowest BCUT2D eigenvalue weighted by atomic mass is 10.0. The molecule has 15 heavy (non-hydrogen) atoms. The standard InChI is InChI=1S/C12H14Br2O/c1-4-5-15-12-10(13)6-9(8(2)3)7-11(12)14/h4,6-8H,1,5H2,2-3H3. The summed E-state index contributed by atoms with van der Waals surface area (Å²) in [5.41, 5.74) is 1.28. The summed E-state index contributed by atoms with van der Waals surface area (Å²) in [6, 6.07) is 4.18. The molecule has 0 heterocycles. The molecule has 3 heteroatoms. The van der Waals surface area contributed by atoms with Crippen LogP contribution in [-0.4, -0.2) is 6.61 Å². The van der Waals surface area contributed by atoms with E-state index in [1.807, 2.05) is 0 Å². The van der Waals surface area contributed by atoms with Crippen LogP contribution >= 0.6 is 31.9 Å². The van der Waals surface area contributed by atoms with E-state index in [4.69, 9.17) is 4.74 Å². The summed E-state index contributed by atoms with van der Waals surface area (Å²) in [4.78, 5) is 0. The summed E-state index contributed by atoms with van der Waals surface area (Å²) in [6.45, 7) is 8.47. The summed E-state index contributed by atoms with van der Waals surface area (Å²) >= 11 is 7.01. The summed E-state index contributed by atoms with van der Waals surface area (Å²) in [5, 5.41) is 0. The van der Waals surface area contributed by atoms with Gasteiger partial charge in [0.25, 0.3) is 0 Å². The van der Waals surface area contributed by atoms with E-state index in [9.17, 15) is 0 Å². The Morgan fingerprint density at radius 3 is 2.27 bits per heavy atom. The molecule has 0 atom stereocenters. The molecule has 0 radical (unpaired) electrons. The molecule has 1 aromatic carbocycles. The predicted octanol–water partition coefficient (Wildman–Crippen LogP) is 4.90. The second-order valence-electron chi connectivity index (χ2n) is 3.57. The molecule has 82 valence electrons. The SMILES string of the molecule is C=CCOc1c(Br)cc(C(C)C)cc1Br. The lowest BCUT2D eigenvalue weighted by Crippen LogP contribution is -1.96. The zero-order valence-corrected chi connectivity index (χ0v) is 12.1. The highest BCUT2D eigenvalue weighted by Gasteiger charge is 2.10. The Labute approximate surface area is 108 Å². The van der Waals surface area contributed by atoms with Crippen LogP contribution in [0.1, 0.15) is 25.3 Å². The van der Waals surface area contributed by atoms with E-state index >= 15 is 0 Å². The predicted molar refractivity (Wildman–Crippen MR) is 71.6 cm³/mol. The van der Waals surface area contributed by atoms with Crippen LogP contribution in [0.5, 0.6) is 5.75 Å². The number of hydrogen-bond acceptors (Lipinski definition) is 1. The van der Waals surface area contributed by atoms with Crippen molar-refractivity contribution in [3.8, 4) is 5.75 Å². The Balaban J connectivity index is 3.03. The number of rotatable bonds is 4. The van der Waals surface area contributed by atoms with Gasteiger partial charge in [0.2, 0.25) is 0 Å². The first-order valence-electron chi connectivity index (χ1n) is 4.79. The second kappa shape index (κ2) is 5.71. The fourth-order valence-electron chi connectivity index (χ4n) is 1.19. The highest BCUT2D eigenvalue weighted by atomic mass is 79.9. The van der Waals surface area contributed by atoms with Gasteiger partial charge in [-0.2, -0.15) is 0 Å². The third-order valence-electron chi connectivity index (χ3n) is 2.03. The molecule has 0 unspecified atom stereocenters. The second-order valence-corrected chi connectivity index (χ2v) is 5.28. The van der Waals surface area contributed by atoms with Crippen LogP contribution < -0.4 is 4.74 Å². The summed E-state index contributed by atoms with van der Waals surface area (Å²) in [6.07, 6.45) is 1.73. The molecule has 0 saturated carbocycles. The van der Waals surface area contributed by atoms with Gasteiger partial charge in [0.1, 0.15) is 12.4 Å². The molecule has 0 N–H and O–H groups in total. The van der Waals surface area contributed by atoms with Crippen LogP contribution in [-0.2, 0) is 0 Å².